The molecule has 19 heavy (non-hydrogen) atoms. The molecule has 3 nitrogen and oxygen atoms in total. The molecule has 0 unspecified atom stereocenters. The molecule has 2 aromatic rings. The van der Waals surface area contributed by atoms with Crippen molar-refractivity contribution < 1.29 is 4.52 Å². The summed E-state index contributed by atoms with van der Waals surface area (Å²) in [5.74, 6) is 1.65. The Hall–Kier alpha value is -1.61. The summed E-state index contributed by atoms with van der Waals surface area (Å²) in [4.78, 5) is 0. The predicted octanol–water partition coefficient (Wildman–Crippen LogP) is 3.33. The highest BCUT2D eigenvalue weighted by molar-refractivity contribution is 5.31. The molecular weight excluding hydrogens is 236 g/mol. The van der Waals surface area contributed by atoms with Crippen LogP contribution in [0.1, 0.15) is 41.3 Å². The van der Waals surface area contributed by atoms with Gasteiger partial charge in [0.05, 0.1) is 12.2 Å². The van der Waals surface area contributed by atoms with Crippen molar-refractivity contribution in [2.75, 3.05) is 0 Å². The van der Waals surface area contributed by atoms with E-state index in [9.17, 15) is 0 Å². The van der Waals surface area contributed by atoms with E-state index < -0.39 is 0 Å². The molecule has 0 bridgehead atoms. The van der Waals surface area contributed by atoms with Crippen LogP contribution in [0.5, 0.6) is 0 Å². The molecule has 0 amide bonds. The van der Waals surface area contributed by atoms with Gasteiger partial charge in [0, 0.05) is 12.1 Å². The van der Waals surface area contributed by atoms with Crippen LogP contribution in [-0.4, -0.2) is 11.2 Å². The summed E-state index contributed by atoms with van der Waals surface area (Å²) in [6, 6.07) is 11.3. The van der Waals surface area contributed by atoms with Gasteiger partial charge in [-0.15, -0.1) is 0 Å². The quantitative estimate of drug-likeness (QED) is 0.911. The van der Waals surface area contributed by atoms with E-state index in [1.807, 2.05) is 13.0 Å². The minimum atomic E-state index is 0.606. The van der Waals surface area contributed by atoms with Gasteiger partial charge in [-0.25, -0.2) is 0 Å². The number of nitrogens with zero attached hydrogens (tertiary/aromatic N) is 1. The third-order valence-electron chi connectivity index (χ3n) is 4.01. The van der Waals surface area contributed by atoms with Gasteiger partial charge in [0.25, 0.3) is 0 Å². The minimum Gasteiger partial charge on any atom is -0.360 e. The summed E-state index contributed by atoms with van der Waals surface area (Å²) in [5.41, 5.74) is 3.87. The van der Waals surface area contributed by atoms with Crippen molar-refractivity contribution in [1.82, 2.24) is 10.5 Å². The lowest BCUT2D eigenvalue weighted by Gasteiger charge is -2.37. The molecule has 0 radical (unpaired) electrons. The predicted molar refractivity (Wildman–Crippen MR) is 75.0 cm³/mol. The van der Waals surface area contributed by atoms with Gasteiger partial charge in [-0.05, 0) is 43.7 Å². The monoisotopic (exact) mass is 256 g/mol. The molecule has 1 aliphatic rings. The fourth-order valence-corrected chi connectivity index (χ4v) is 2.83. The molecule has 1 aromatic carbocycles. The fourth-order valence-electron chi connectivity index (χ4n) is 2.83. The molecule has 100 valence electrons. The van der Waals surface area contributed by atoms with Crippen LogP contribution in [0.3, 0.4) is 0 Å². The van der Waals surface area contributed by atoms with Crippen molar-refractivity contribution in [2.24, 2.45) is 0 Å². The number of hydrogen-bond donors (Lipinski definition) is 1. The maximum absolute atomic E-state index is 5.20. The SMILES string of the molecule is Cc1cc(CNC2CC(c3ccccc3C)C2)on1. The highest BCUT2D eigenvalue weighted by Crippen LogP contribution is 2.38. The Bertz CT molecular complexity index is 555. The van der Waals surface area contributed by atoms with Crippen LogP contribution < -0.4 is 5.32 Å². The summed E-state index contributed by atoms with van der Waals surface area (Å²) >= 11 is 0. The molecule has 0 spiro atoms. The topological polar surface area (TPSA) is 38.1 Å². The highest BCUT2D eigenvalue weighted by Gasteiger charge is 2.30. The van der Waals surface area contributed by atoms with Gasteiger partial charge in [0.2, 0.25) is 0 Å². The lowest BCUT2D eigenvalue weighted by molar-refractivity contribution is 0.273. The number of aryl methyl sites for hydroxylation is 2. The van der Waals surface area contributed by atoms with Crippen molar-refractivity contribution in [3.8, 4) is 0 Å². The normalized spacial score (nSPS) is 22.2. The largest absolute Gasteiger partial charge is 0.360 e. The van der Waals surface area contributed by atoms with Gasteiger partial charge < -0.3 is 9.84 Å². The van der Waals surface area contributed by atoms with E-state index in [-0.39, 0.29) is 0 Å². The Morgan fingerprint density at radius 3 is 2.74 bits per heavy atom. The van der Waals surface area contributed by atoms with Crippen LogP contribution in [0.15, 0.2) is 34.9 Å². The van der Waals surface area contributed by atoms with Crippen molar-refractivity contribution in [2.45, 2.75) is 45.2 Å². The zero-order valence-electron chi connectivity index (χ0n) is 11.5. The maximum atomic E-state index is 5.20. The van der Waals surface area contributed by atoms with Gasteiger partial charge in [-0.3, -0.25) is 0 Å². The summed E-state index contributed by atoms with van der Waals surface area (Å²) in [6.45, 7) is 4.93. The van der Waals surface area contributed by atoms with Crippen LogP contribution >= 0.6 is 0 Å². The second-order valence-electron chi connectivity index (χ2n) is 5.54. The smallest absolute Gasteiger partial charge is 0.150 e. The Labute approximate surface area is 114 Å². The van der Waals surface area contributed by atoms with Crippen molar-refractivity contribution >= 4 is 0 Å². The molecule has 1 saturated carbocycles. The first-order valence-electron chi connectivity index (χ1n) is 6.93. The average molecular weight is 256 g/mol. The number of hydrogen-bond acceptors (Lipinski definition) is 3. The molecule has 3 heteroatoms. The van der Waals surface area contributed by atoms with E-state index in [4.69, 9.17) is 4.52 Å². The van der Waals surface area contributed by atoms with Crippen molar-refractivity contribution in [1.29, 1.82) is 0 Å². The molecule has 1 aliphatic carbocycles. The van der Waals surface area contributed by atoms with Crippen LogP contribution in [0.2, 0.25) is 0 Å². The molecule has 1 fully saturated rings. The zero-order chi connectivity index (χ0) is 13.2. The van der Waals surface area contributed by atoms with E-state index in [0.717, 1.165) is 23.9 Å². The van der Waals surface area contributed by atoms with Gasteiger partial charge in [-0.2, -0.15) is 0 Å². The summed E-state index contributed by atoms with van der Waals surface area (Å²) in [6.07, 6.45) is 2.44. The Morgan fingerprint density at radius 1 is 1.26 bits per heavy atom. The van der Waals surface area contributed by atoms with Crippen molar-refractivity contribution in [3.63, 3.8) is 0 Å². The van der Waals surface area contributed by atoms with Crippen LogP contribution in [-0.2, 0) is 6.54 Å². The zero-order valence-corrected chi connectivity index (χ0v) is 11.5. The van der Waals surface area contributed by atoms with E-state index >= 15 is 0 Å². The minimum absolute atomic E-state index is 0.606. The molecular formula is C16H20N2O. The molecule has 1 heterocycles. The Balaban J connectivity index is 1.49. The number of nitrogens with one attached hydrogen (secondary N) is 1. The average Bonchev–Trinajstić information content (AvgIpc) is 2.75. The van der Waals surface area contributed by atoms with Crippen molar-refractivity contribution in [3.05, 3.63) is 52.9 Å². The van der Waals surface area contributed by atoms with Gasteiger partial charge >= 0.3 is 0 Å². The number of benzene rings is 1. The molecule has 0 atom stereocenters. The lowest BCUT2D eigenvalue weighted by atomic mass is 9.74. The van der Waals surface area contributed by atoms with Gasteiger partial charge in [0.15, 0.2) is 5.76 Å². The number of aromatic nitrogens is 1. The third-order valence-corrected chi connectivity index (χ3v) is 4.01. The summed E-state index contributed by atoms with van der Waals surface area (Å²) in [5, 5.41) is 7.43. The molecule has 1 N–H and O–H groups in total. The van der Waals surface area contributed by atoms with Gasteiger partial charge in [-0.1, -0.05) is 29.4 Å². The molecule has 0 saturated heterocycles. The van der Waals surface area contributed by atoms with E-state index in [1.54, 1.807) is 0 Å². The van der Waals surface area contributed by atoms with E-state index in [1.165, 1.54) is 24.0 Å². The Kier molecular flexibility index (Phi) is 3.38. The molecule has 3 rings (SSSR count). The molecule has 1 aromatic heterocycles. The van der Waals surface area contributed by atoms with Gasteiger partial charge in [0.1, 0.15) is 0 Å². The maximum Gasteiger partial charge on any atom is 0.150 e. The lowest BCUT2D eigenvalue weighted by Crippen LogP contribution is -2.39. The summed E-state index contributed by atoms with van der Waals surface area (Å²) < 4.78 is 5.20. The van der Waals surface area contributed by atoms with Crippen LogP contribution in [0.4, 0.5) is 0 Å². The fraction of sp³-hybridized carbons (Fsp3) is 0.438. The standard InChI is InChI=1S/C16H20N2O/c1-11-5-3-4-6-16(11)13-8-14(9-13)17-10-15-7-12(2)18-19-15/h3-7,13-14,17H,8-10H2,1-2H3. The second kappa shape index (κ2) is 5.17. The van der Waals surface area contributed by atoms with Crippen LogP contribution in [0, 0.1) is 13.8 Å². The molecule has 0 aliphatic heterocycles. The Morgan fingerprint density at radius 2 is 2.05 bits per heavy atom. The van der Waals surface area contributed by atoms with Crippen LogP contribution in [0.25, 0.3) is 0 Å². The van der Waals surface area contributed by atoms with E-state index in [0.29, 0.717) is 6.04 Å². The number of rotatable bonds is 4. The highest BCUT2D eigenvalue weighted by atomic mass is 16.5. The first kappa shape index (κ1) is 12.4. The third kappa shape index (κ3) is 2.71. The first-order valence-corrected chi connectivity index (χ1v) is 6.93. The summed E-state index contributed by atoms with van der Waals surface area (Å²) in [7, 11) is 0. The second-order valence-corrected chi connectivity index (χ2v) is 5.54. The van der Waals surface area contributed by atoms with E-state index in [2.05, 4.69) is 41.7 Å². The first-order chi connectivity index (χ1) is 9.22.